The minimum atomic E-state index is -3.75. The summed E-state index contributed by atoms with van der Waals surface area (Å²) < 4.78 is 63.3. The molecule has 7 nitrogen and oxygen atoms in total. The number of halogens is 4. The summed E-state index contributed by atoms with van der Waals surface area (Å²) in [5.74, 6) is -5.91. The van der Waals surface area contributed by atoms with E-state index in [1.165, 1.54) is 19.4 Å². The Hall–Kier alpha value is -3.24. The van der Waals surface area contributed by atoms with Crippen LogP contribution in [0.15, 0.2) is 35.6 Å². The lowest BCUT2D eigenvalue weighted by atomic mass is 9.77. The van der Waals surface area contributed by atoms with Crippen LogP contribution in [0.4, 0.5) is 23.2 Å². The molecule has 160 valence electrons. The summed E-state index contributed by atoms with van der Waals surface area (Å²) in [5, 5.41) is 2.43. The van der Waals surface area contributed by atoms with Crippen molar-refractivity contribution >= 4 is 17.4 Å². The third-order valence-corrected chi connectivity index (χ3v) is 4.96. The molecular formula is C19H19F4N5O2. The Balaban J connectivity index is 1.97. The summed E-state index contributed by atoms with van der Waals surface area (Å²) in [6.45, 7) is 1.86. The van der Waals surface area contributed by atoms with Gasteiger partial charge in [0.15, 0.2) is 11.2 Å². The van der Waals surface area contributed by atoms with Crippen LogP contribution in [0.2, 0.25) is 0 Å². The Labute approximate surface area is 169 Å². The molecule has 0 fully saturated rings. The number of anilines is 1. The number of carbonyl (C=O) groups is 1. The number of nitrogens with zero attached hydrogens (tertiary/aromatic N) is 3. The monoisotopic (exact) mass is 425 g/mol. The summed E-state index contributed by atoms with van der Waals surface area (Å²) in [7, 11) is 1.38. The van der Waals surface area contributed by atoms with E-state index in [1.54, 1.807) is 0 Å². The quantitative estimate of drug-likeness (QED) is 0.733. The molecule has 1 aliphatic heterocycles. The minimum Gasteiger partial charge on any atom is -0.480 e. The van der Waals surface area contributed by atoms with Crippen molar-refractivity contribution in [1.82, 2.24) is 9.97 Å². The SMILES string of the molecule is COc1cnc(C(=O)Nc2ccc(F)c([C@@]3(C)N=C(N)[C@](C)(F)CC3(F)F)c2)cn1. The van der Waals surface area contributed by atoms with Gasteiger partial charge < -0.3 is 15.8 Å². The van der Waals surface area contributed by atoms with E-state index in [0.717, 1.165) is 32.2 Å². The maximum Gasteiger partial charge on any atom is 0.280 e. The molecule has 30 heavy (non-hydrogen) atoms. The van der Waals surface area contributed by atoms with Crippen LogP contribution in [0, 0.1) is 5.82 Å². The third-order valence-electron chi connectivity index (χ3n) is 4.96. The average Bonchev–Trinajstić information content (AvgIpc) is 2.67. The highest BCUT2D eigenvalue weighted by Crippen LogP contribution is 2.50. The fourth-order valence-electron chi connectivity index (χ4n) is 3.09. The van der Waals surface area contributed by atoms with Crippen molar-refractivity contribution in [2.75, 3.05) is 12.4 Å². The Morgan fingerprint density at radius 2 is 1.90 bits per heavy atom. The van der Waals surface area contributed by atoms with Crippen LogP contribution in [0.1, 0.15) is 36.3 Å². The number of aliphatic imine (C=N–C) groups is 1. The van der Waals surface area contributed by atoms with Gasteiger partial charge in [0.05, 0.1) is 25.9 Å². The second-order valence-corrected chi connectivity index (χ2v) is 7.24. The van der Waals surface area contributed by atoms with Crippen molar-refractivity contribution in [3.63, 3.8) is 0 Å². The second kappa shape index (κ2) is 7.22. The summed E-state index contributed by atoms with van der Waals surface area (Å²) in [4.78, 5) is 23.7. The highest BCUT2D eigenvalue weighted by atomic mass is 19.3. The first kappa shape index (κ1) is 21.5. The molecular weight excluding hydrogens is 406 g/mol. The van der Waals surface area contributed by atoms with Gasteiger partial charge in [0.2, 0.25) is 5.88 Å². The smallest absolute Gasteiger partial charge is 0.280 e. The van der Waals surface area contributed by atoms with Gasteiger partial charge in [0, 0.05) is 11.3 Å². The lowest BCUT2D eigenvalue weighted by molar-refractivity contribution is -0.106. The van der Waals surface area contributed by atoms with Crippen LogP contribution < -0.4 is 15.8 Å². The molecule has 0 unspecified atom stereocenters. The number of methoxy groups -OCH3 is 1. The third kappa shape index (κ3) is 3.66. The summed E-state index contributed by atoms with van der Waals surface area (Å²) in [5.41, 5.74) is -0.0623. The van der Waals surface area contributed by atoms with Gasteiger partial charge in [-0.1, -0.05) is 0 Å². The van der Waals surface area contributed by atoms with Crippen molar-refractivity contribution in [3.8, 4) is 5.88 Å². The number of carbonyl (C=O) groups excluding carboxylic acids is 1. The first-order valence-electron chi connectivity index (χ1n) is 8.79. The maximum absolute atomic E-state index is 14.8. The van der Waals surface area contributed by atoms with Crippen molar-refractivity contribution in [1.29, 1.82) is 0 Å². The average molecular weight is 425 g/mol. The molecule has 2 heterocycles. The summed E-state index contributed by atoms with van der Waals surface area (Å²) >= 11 is 0. The summed E-state index contributed by atoms with van der Waals surface area (Å²) in [6.07, 6.45) is 1.12. The van der Waals surface area contributed by atoms with Gasteiger partial charge in [-0.2, -0.15) is 0 Å². The molecule has 0 saturated carbocycles. The number of nitrogens with two attached hydrogens (primary N) is 1. The van der Waals surface area contributed by atoms with Crippen LogP contribution in [-0.2, 0) is 5.54 Å². The Bertz CT molecular complexity index is 1010. The summed E-state index contributed by atoms with van der Waals surface area (Å²) in [6, 6.07) is 3.10. The number of hydrogen-bond donors (Lipinski definition) is 2. The van der Waals surface area contributed by atoms with Gasteiger partial charge in [0.25, 0.3) is 11.8 Å². The van der Waals surface area contributed by atoms with E-state index in [9.17, 15) is 22.4 Å². The first-order valence-corrected chi connectivity index (χ1v) is 8.79. The zero-order chi connectivity index (χ0) is 22.3. The van der Waals surface area contributed by atoms with Crippen molar-refractivity contribution < 1.29 is 27.1 Å². The first-order chi connectivity index (χ1) is 13.9. The Kier molecular flexibility index (Phi) is 5.17. The fourth-order valence-corrected chi connectivity index (χ4v) is 3.09. The molecule has 1 amide bonds. The van der Waals surface area contributed by atoms with Crippen LogP contribution in [0.3, 0.4) is 0 Å². The number of nitrogens with one attached hydrogen (secondary N) is 1. The number of benzene rings is 1. The van der Waals surface area contributed by atoms with Gasteiger partial charge in [-0.15, -0.1) is 0 Å². The van der Waals surface area contributed by atoms with E-state index in [0.29, 0.717) is 0 Å². The lowest BCUT2D eigenvalue weighted by Gasteiger charge is -2.42. The molecule has 1 aromatic carbocycles. The molecule has 0 aliphatic carbocycles. The molecule has 0 spiro atoms. The topological polar surface area (TPSA) is 102 Å². The van der Waals surface area contributed by atoms with Gasteiger partial charge in [-0.3, -0.25) is 9.79 Å². The van der Waals surface area contributed by atoms with Crippen LogP contribution in [0.5, 0.6) is 5.88 Å². The number of amidine groups is 1. The van der Waals surface area contributed by atoms with E-state index in [4.69, 9.17) is 10.5 Å². The van der Waals surface area contributed by atoms with Gasteiger partial charge in [0.1, 0.15) is 17.3 Å². The number of ether oxygens (including phenoxy) is 1. The Morgan fingerprint density at radius 1 is 1.20 bits per heavy atom. The predicted molar refractivity (Wildman–Crippen MR) is 101 cm³/mol. The molecule has 1 aliphatic rings. The van der Waals surface area contributed by atoms with Gasteiger partial charge in [-0.05, 0) is 32.0 Å². The number of amides is 1. The Morgan fingerprint density at radius 3 is 2.50 bits per heavy atom. The molecule has 1 aromatic heterocycles. The van der Waals surface area contributed by atoms with E-state index in [-0.39, 0.29) is 17.3 Å². The molecule has 3 rings (SSSR count). The highest BCUT2D eigenvalue weighted by Gasteiger charge is 2.60. The highest BCUT2D eigenvalue weighted by molar-refractivity contribution is 6.02. The largest absolute Gasteiger partial charge is 0.480 e. The van der Waals surface area contributed by atoms with E-state index in [2.05, 4.69) is 20.3 Å². The minimum absolute atomic E-state index is 0.00778. The van der Waals surface area contributed by atoms with Crippen LogP contribution in [0.25, 0.3) is 0 Å². The lowest BCUT2D eigenvalue weighted by Crippen LogP contribution is -2.56. The van der Waals surface area contributed by atoms with Crippen LogP contribution >= 0.6 is 0 Å². The fraction of sp³-hybridized carbons (Fsp3) is 0.368. The van der Waals surface area contributed by atoms with Crippen LogP contribution in [-0.4, -0.2) is 40.4 Å². The molecule has 2 aromatic rings. The number of aromatic nitrogens is 2. The van der Waals surface area contributed by atoms with E-state index < -0.39 is 46.7 Å². The van der Waals surface area contributed by atoms with E-state index in [1.807, 2.05) is 0 Å². The second-order valence-electron chi connectivity index (χ2n) is 7.24. The zero-order valence-electron chi connectivity index (χ0n) is 16.3. The van der Waals surface area contributed by atoms with Crippen molar-refractivity contribution in [3.05, 3.63) is 47.7 Å². The molecule has 3 N–H and O–H groups in total. The van der Waals surface area contributed by atoms with Gasteiger partial charge in [-0.25, -0.2) is 27.5 Å². The number of hydrogen-bond acceptors (Lipinski definition) is 6. The van der Waals surface area contributed by atoms with Gasteiger partial charge >= 0.3 is 0 Å². The normalized spacial score (nSPS) is 25.4. The molecule has 11 heteroatoms. The number of alkyl halides is 3. The zero-order valence-corrected chi connectivity index (χ0v) is 16.3. The molecule has 2 atom stereocenters. The molecule has 0 bridgehead atoms. The maximum atomic E-state index is 14.8. The van der Waals surface area contributed by atoms with Crippen molar-refractivity contribution in [2.24, 2.45) is 10.7 Å². The van der Waals surface area contributed by atoms with E-state index >= 15 is 0 Å². The van der Waals surface area contributed by atoms with Crippen molar-refractivity contribution in [2.45, 2.75) is 37.4 Å². The predicted octanol–water partition coefficient (Wildman–Crippen LogP) is 3.22. The molecule has 0 saturated heterocycles. The standard InChI is InChI=1S/C19H19F4N5O2/c1-17(21)9-19(22,23)18(2,28-16(17)24)11-6-10(4-5-12(11)20)27-15(29)13-7-26-14(30-3)8-25-13/h4-8H,9H2,1-3H3,(H2,24,28)(H,27,29)/t17-,18-/m1/s1. The number of rotatable bonds is 4. The molecule has 0 radical (unpaired) electrons.